The summed E-state index contributed by atoms with van der Waals surface area (Å²) in [6, 6.07) is 22.9. The van der Waals surface area contributed by atoms with E-state index in [-0.39, 0.29) is 5.57 Å². The van der Waals surface area contributed by atoms with E-state index in [1.807, 2.05) is 61.5 Å². The van der Waals surface area contributed by atoms with Crippen molar-refractivity contribution in [1.29, 1.82) is 5.26 Å². The van der Waals surface area contributed by atoms with Gasteiger partial charge in [0.1, 0.15) is 24.0 Å². The summed E-state index contributed by atoms with van der Waals surface area (Å²) in [5.74, 6) is 0.307. The van der Waals surface area contributed by atoms with Crippen molar-refractivity contribution in [2.75, 3.05) is 5.32 Å². The Labute approximate surface area is 197 Å². The van der Waals surface area contributed by atoms with E-state index in [1.165, 1.54) is 5.56 Å². The van der Waals surface area contributed by atoms with Gasteiger partial charge in [0.25, 0.3) is 5.91 Å². The highest BCUT2D eigenvalue weighted by atomic mass is 127. The fourth-order valence-electron chi connectivity index (χ4n) is 2.73. The van der Waals surface area contributed by atoms with Crippen LogP contribution in [0, 0.1) is 21.8 Å². The van der Waals surface area contributed by atoms with Crippen LogP contribution < -0.4 is 10.1 Å². The maximum Gasteiger partial charge on any atom is 0.266 e. The molecule has 4 nitrogen and oxygen atoms in total. The molecular weight excluding hydrogens is 555 g/mol. The Morgan fingerprint density at radius 2 is 1.93 bits per heavy atom. The lowest BCUT2D eigenvalue weighted by Gasteiger charge is -2.10. The summed E-state index contributed by atoms with van der Waals surface area (Å²) < 4.78 is 7.74. The number of rotatable bonds is 6. The van der Waals surface area contributed by atoms with E-state index < -0.39 is 5.91 Å². The third kappa shape index (κ3) is 6.18. The van der Waals surface area contributed by atoms with Gasteiger partial charge in [0.2, 0.25) is 0 Å². The molecule has 6 heteroatoms. The molecule has 0 radical (unpaired) electrons. The number of anilines is 1. The van der Waals surface area contributed by atoms with Crippen molar-refractivity contribution < 1.29 is 9.53 Å². The lowest BCUT2D eigenvalue weighted by atomic mass is 10.1. The smallest absolute Gasteiger partial charge is 0.266 e. The SMILES string of the molecule is Cc1cccc(COc2ccc(/C=C(/C#N)C(=O)Nc3ccc(Br)cc3)cc2I)c1. The second-order valence-corrected chi connectivity index (χ2v) is 8.68. The summed E-state index contributed by atoms with van der Waals surface area (Å²) >= 11 is 5.54. The maximum atomic E-state index is 12.4. The zero-order valence-electron chi connectivity index (χ0n) is 16.2. The van der Waals surface area contributed by atoms with Crippen LogP contribution in [0.2, 0.25) is 0 Å². The van der Waals surface area contributed by atoms with Gasteiger partial charge >= 0.3 is 0 Å². The fourth-order valence-corrected chi connectivity index (χ4v) is 3.69. The van der Waals surface area contributed by atoms with Gasteiger partial charge in [-0.3, -0.25) is 4.79 Å². The standard InChI is InChI=1S/C24H18BrIN2O2/c1-16-3-2-4-18(11-16)15-30-23-10-5-17(13-22(23)26)12-19(14-27)24(29)28-21-8-6-20(25)7-9-21/h2-13H,15H2,1H3,(H,28,29)/b19-12-. The van der Waals surface area contributed by atoms with Crippen molar-refractivity contribution in [1.82, 2.24) is 0 Å². The van der Waals surface area contributed by atoms with Gasteiger partial charge in [-0.2, -0.15) is 5.26 Å². The van der Waals surface area contributed by atoms with Crippen LogP contribution in [0.25, 0.3) is 6.08 Å². The third-order valence-electron chi connectivity index (χ3n) is 4.21. The van der Waals surface area contributed by atoms with Gasteiger partial charge in [-0.05, 0) is 83.1 Å². The molecule has 30 heavy (non-hydrogen) atoms. The number of benzene rings is 3. The summed E-state index contributed by atoms with van der Waals surface area (Å²) in [7, 11) is 0. The molecule has 1 amide bonds. The molecule has 0 saturated heterocycles. The van der Waals surface area contributed by atoms with Gasteiger partial charge < -0.3 is 10.1 Å². The van der Waals surface area contributed by atoms with Gasteiger partial charge in [0.05, 0.1) is 3.57 Å². The van der Waals surface area contributed by atoms with E-state index in [0.29, 0.717) is 12.3 Å². The largest absolute Gasteiger partial charge is 0.488 e. The normalized spacial score (nSPS) is 10.9. The van der Waals surface area contributed by atoms with E-state index in [9.17, 15) is 10.1 Å². The van der Waals surface area contributed by atoms with E-state index in [1.54, 1.807) is 18.2 Å². The number of aryl methyl sites for hydroxylation is 1. The molecule has 0 bridgehead atoms. The van der Waals surface area contributed by atoms with Crippen molar-refractivity contribution in [3.05, 3.63) is 97.0 Å². The number of nitrogens with zero attached hydrogens (tertiary/aromatic N) is 1. The van der Waals surface area contributed by atoms with Crippen molar-refractivity contribution >= 4 is 56.2 Å². The molecule has 1 N–H and O–H groups in total. The van der Waals surface area contributed by atoms with Crippen LogP contribution in [0.15, 0.2) is 76.8 Å². The first-order valence-electron chi connectivity index (χ1n) is 9.11. The van der Waals surface area contributed by atoms with Crippen molar-refractivity contribution in [2.45, 2.75) is 13.5 Å². The van der Waals surface area contributed by atoms with Crippen molar-refractivity contribution in [2.24, 2.45) is 0 Å². The molecule has 0 aromatic heterocycles. The molecule has 0 saturated carbocycles. The molecule has 3 aromatic rings. The molecule has 3 aromatic carbocycles. The number of carbonyl (C=O) groups is 1. The van der Waals surface area contributed by atoms with E-state index in [2.05, 4.69) is 49.9 Å². The third-order valence-corrected chi connectivity index (χ3v) is 5.58. The van der Waals surface area contributed by atoms with Crippen LogP contribution in [0.3, 0.4) is 0 Å². The second-order valence-electron chi connectivity index (χ2n) is 6.60. The minimum Gasteiger partial charge on any atom is -0.488 e. The predicted molar refractivity (Wildman–Crippen MR) is 131 cm³/mol. The molecule has 0 spiro atoms. The summed E-state index contributed by atoms with van der Waals surface area (Å²) in [5.41, 5.74) is 3.70. The summed E-state index contributed by atoms with van der Waals surface area (Å²) in [6.07, 6.45) is 1.57. The highest BCUT2D eigenvalue weighted by Crippen LogP contribution is 2.25. The van der Waals surface area contributed by atoms with Crippen LogP contribution >= 0.6 is 38.5 Å². The van der Waals surface area contributed by atoms with Gasteiger partial charge in [0, 0.05) is 10.2 Å². The number of nitrogens with one attached hydrogen (secondary N) is 1. The van der Waals surface area contributed by atoms with Gasteiger partial charge in [-0.1, -0.05) is 51.8 Å². The molecule has 0 aliphatic heterocycles. The zero-order valence-corrected chi connectivity index (χ0v) is 19.9. The zero-order chi connectivity index (χ0) is 21.5. The highest BCUT2D eigenvalue weighted by Gasteiger charge is 2.10. The number of hydrogen-bond donors (Lipinski definition) is 1. The molecule has 0 unspecified atom stereocenters. The average Bonchev–Trinajstić information content (AvgIpc) is 2.73. The molecule has 0 heterocycles. The predicted octanol–water partition coefficient (Wildman–Crippen LogP) is 6.49. The minimum atomic E-state index is -0.449. The van der Waals surface area contributed by atoms with Crippen LogP contribution in [-0.2, 0) is 11.4 Å². The lowest BCUT2D eigenvalue weighted by molar-refractivity contribution is -0.112. The fraction of sp³-hybridized carbons (Fsp3) is 0.0833. The Balaban J connectivity index is 1.70. The Kier molecular flexibility index (Phi) is 7.66. The highest BCUT2D eigenvalue weighted by molar-refractivity contribution is 14.1. The Morgan fingerprint density at radius 1 is 1.17 bits per heavy atom. The van der Waals surface area contributed by atoms with Crippen molar-refractivity contribution in [3.63, 3.8) is 0 Å². The summed E-state index contributed by atoms with van der Waals surface area (Å²) in [6.45, 7) is 2.53. The monoisotopic (exact) mass is 572 g/mol. The molecule has 0 aliphatic carbocycles. The topological polar surface area (TPSA) is 62.1 Å². The van der Waals surface area contributed by atoms with Crippen LogP contribution in [0.4, 0.5) is 5.69 Å². The van der Waals surface area contributed by atoms with Crippen LogP contribution in [-0.4, -0.2) is 5.91 Å². The number of nitriles is 1. The Morgan fingerprint density at radius 3 is 2.60 bits per heavy atom. The number of ether oxygens (including phenoxy) is 1. The first-order valence-corrected chi connectivity index (χ1v) is 11.0. The van der Waals surface area contributed by atoms with Gasteiger partial charge in [0.15, 0.2) is 0 Å². The molecule has 150 valence electrons. The molecule has 0 atom stereocenters. The lowest BCUT2D eigenvalue weighted by Crippen LogP contribution is -2.13. The number of amides is 1. The van der Waals surface area contributed by atoms with Crippen LogP contribution in [0.5, 0.6) is 5.75 Å². The Hall–Kier alpha value is -2.63. The first-order chi connectivity index (χ1) is 14.4. The summed E-state index contributed by atoms with van der Waals surface area (Å²) in [4.78, 5) is 12.4. The number of carbonyl (C=O) groups excluding carboxylic acids is 1. The first kappa shape index (κ1) is 22.1. The summed E-state index contributed by atoms with van der Waals surface area (Å²) in [5, 5.41) is 12.2. The quantitative estimate of drug-likeness (QED) is 0.209. The molecular formula is C24H18BrIN2O2. The molecule has 0 fully saturated rings. The molecule has 3 rings (SSSR count). The minimum absolute atomic E-state index is 0.0298. The van der Waals surface area contributed by atoms with Gasteiger partial charge in [-0.15, -0.1) is 0 Å². The maximum absolute atomic E-state index is 12.4. The molecule has 0 aliphatic rings. The van der Waals surface area contributed by atoms with Gasteiger partial charge in [-0.25, -0.2) is 0 Å². The van der Waals surface area contributed by atoms with E-state index >= 15 is 0 Å². The number of hydrogen-bond acceptors (Lipinski definition) is 3. The van der Waals surface area contributed by atoms with Crippen LogP contribution in [0.1, 0.15) is 16.7 Å². The van der Waals surface area contributed by atoms with E-state index in [0.717, 1.165) is 24.9 Å². The average molecular weight is 573 g/mol. The van der Waals surface area contributed by atoms with E-state index in [4.69, 9.17) is 4.74 Å². The Bertz CT molecular complexity index is 1130. The number of halogens is 2. The second kappa shape index (κ2) is 10.4. The van der Waals surface area contributed by atoms with Crippen molar-refractivity contribution in [3.8, 4) is 11.8 Å².